The van der Waals surface area contributed by atoms with Crippen LogP contribution < -0.4 is 5.32 Å². The van der Waals surface area contributed by atoms with Crippen LogP contribution in [-0.2, 0) is 6.54 Å². The standard InChI is InChI=1S/C12H18BrNO2/c1-8-4-9(11(16)10(13)5-8)6-14-12(2,3)7-15/h4-5,14-16H,6-7H2,1-3H3. The molecule has 1 rings (SSSR count). The molecule has 0 bridgehead atoms. The first kappa shape index (κ1) is 13.5. The maximum Gasteiger partial charge on any atom is 0.134 e. The zero-order valence-electron chi connectivity index (χ0n) is 9.84. The third-order valence-corrected chi connectivity index (χ3v) is 3.04. The number of hydrogen-bond donors (Lipinski definition) is 3. The second-order valence-electron chi connectivity index (χ2n) is 4.65. The average Bonchev–Trinajstić information content (AvgIpc) is 2.21. The molecule has 0 saturated heterocycles. The van der Waals surface area contributed by atoms with Gasteiger partial charge in [-0.3, -0.25) is 0 Å². The number of nitrogens with one attached hydrogen (secondary N) is 1. The van der Waals surface area contributed by atoms with Gasteiger partial charge in [0.25, 0.3) is 0 Å². The van der Waals surface area contributed by atoms with Gasteiger partial charge in [0.15, 0.2) is 0 Å². The Balaban J connectivity index is 2.82. The number of hydrogen-bond acceptors (Lipinski definition) is 3. The highest BCUT2D eigenvalue weighted by atomic mass is 79.9. The van der Waals surface area contributed by atoms with Crippen molar-refractivity contribution in [2.75, 3.05) is 6.61 Å². The van der Waals surface area contributed by atoms with Crippen LogP contribution in [0.5, 0.6) is 5.75 Å². The molecule has 0 heterocycles. The molecule has 90 valence electrons. The number of phenols is 1. The minimum atomic E-state index is -0.345. The van der Waals surface area contributed by atoms with E-state index in [4.69, 9.17) is 5.11 Å². The van der Waals surface area contributed by atoms with Gasteiger partial charge in [-0.05, 0) is 48.3 Å². The molecular weight excluding hydrogens is 270 g/mol. The first-order valence-electron chi connectivity index (χ1n) is 5.19. The van der Waals surface area contributed by atoms with Crippen LogP contribution in [0.1, 0.15) is 25.0 Å². The van der Waals surface area contributed by atoms with E-state index >= 15 is 0 Å². The Morgan fingerprint density at radius 2 is 2.00 bits per heavy atom. The van der Waals surface area contributed by atoms with Gasteiger partial charge in [-0.1, -0.05) is 6.07 Å². The van der Waals surface area contributed by atoms with E-state index in [-0.39, 0.29) is 17.9 Å². The minimum absolute atomic E-state index is 0.0563. The van der Waals surface area contributed by atoms with E-state index in [1.165, 1.54) is 0 Å². The molecule has 1 aromatic rings. The molecule has 0 unspecified atom stereocenters. The van der Waals surface area contributed by atoms with E-state index in [9.17, 15) is 5.11 Å². The zero-order valence-corrected chi connectivity index (χ0v) is 11.4. The summed E-state index contributed by atoms with van der Waals surface area (Å²) in [6.07, 6.45) is 0. The number of aliphatic hydroxyl groups is 1. The Morgan fingerprint density at radius 3 is 2.56 bits per heavy atom. The van der Waals surface area contributed by atoms with Gasteiger partial charge in [-0.15, -0.1) is 0 Å². The molecule has 4 heteroatoms. The molecule has 0 fully saturated rings. The topological polar surface area (TPSA) is 52.5 Å². The predicted octanol–water partition coefficient (Wildman–Crippen LogP) is 2.32. The molecular formula is C12H18BrNO2. The van der Waals surface area contributed by atoms with E-state index < -0.39 is 0 Å². The molecule has 0 aliphatic rings. The van der Waals surface area contributed by atoms with Gasteiger partial charge in [-0.25, -0.2) is 0 Å². The fraction of sp³-hybridized carbons (Fsp3) is 0.500. The van der Waals surface area contributed by atoms with Crippen LogP contribution in [0.3, 0.4) is 0 Å². The lowest BCUT2D eigenvalue weighted by Crippen LogP contribution is -2.42. The van der Waals surface area contributed by atoms with Crippen molar-refractivity contribution in [1.82, 2.24) is 5.32 Å². The molecule has 0 spiro atoms. The summed E-state index contributed by atoms with van der Waals surface area (Å²) in [7, 11) is 0. The largest absolute Gasteiger partial charge is 0.506 e. The molecule has 0 atom stereocenters. The van der Waals surface area contributed by atoms with E-state index in [1.54, 1.807) is 0 Å². The lowest BCUT2D eigenvalue weighted by molar-refractivity contribution is 0.187. The third-order valence-electron chi connectivity index (χ3n) is 2.44. The molecule has 3 nitrogen and oxygen atoms in total. The smallest absolute Gasteiger partial charge is 0.134 e. The Kier molecular flexibility index (Phi) is 4.35. The lowest BCUT2D eigenvalue weighted by atomic mass is 10.1. The van der Waals surface area contributed by atoms with Crippen molar-refractivity contribution >= 4 is 15.9 Å². The van der Waals surface area contributed by atoms with E-state index in [2.05, 4.69) is 21.2 Å². The van der Waals surface area contributed by atoms with Gasteiger partial charge < -0.3 is 15.5 Å². The summed E-state index contributed by atoms with van der Waals surface area (Å²) in [5, 5.41) is 22.1. The lowest BCUT2D eigenvalue weighted by Gasteiger charge is -2.24. The van der Waals surface area contributed by atoms with Crippen molar-refractivity contribution in [2.24, 2.45) is 0 Å². The number of rotatable bonds is 4. The van der Waals surface area contributed by atoms with E-state index in [0.717, 1.165) is 11.1 Å². The van der Waals surface area contributed by atoms with Crippen molar-refractivity contribution in [2.45, 2.75) is 32.9 Å². The van der Waals surface area contributed by atoms with Gasteiger partial charge in [0.1, 0.15) is 5.75 Å². The van der Waals surface area contributed by atoms with Crippen molar-refractivity contribution < 1.29 is 10.2 Å². The van der Waals surface area contributed by atoms with E-state index in [0.29, 0.717) is 11.0 Å². The second kappa shape index (κ2) is 5.17. The van der Waals surface area contributed by atoms with Gasteiger partial charge in [0.2, 0.25) is 0 Å². The number of aromatic hydroxyl groups is 1. The van der Waals surface area contributed by atoms with Crippen LogP contribution >= 0.6 is 15.9 Å². The number of halogens is 1. The molecule has 0 aliphatic carbocycles. The highest BCUT2D eigenvalue weighted by molar-refractivity contribution is 9.10. The fourth-order valence-corrected chi connectivity index (χ4v) is 1.95. The number of benzene rings is 1. The second-order valence-corrected chi connectivity index (χ2v) is 5.50. The van der Waals surface area contributed by atoms with Crippen LogP contribution in [0.25, 0.3) is 0 Å². The normalized spacial score (nSPS) is 11.8. The molecule has 16 heavy (non-hydrogen) atoms. The molecule has 0 aromatic heterocycles. The monoisotopic (exact) mass is 287 g/mol. The summed E-state index contributed by atoms with van der Waals surface area (Å²) >= 11 is 3.31. The van der Waals surface area contributed by atoms with Crippen molar-refractivity contribution in [3.05, 3.63) is 27.7 Å². The Labute approximate surface area is 105 Å². The predicted molar refractivity (Wildman–Crippen MR) is 68.5 cm³/mol. The summed E-state index contributed by atoms with van der Waals surface area (Å²) in [6.45, 7) is 6.38. The highest BCUT2D eigenvalue weighted by Crippen LogP contribution is 2.29. The Morgan fingerprint density at radius 1 is 1.38 bits per heavy atom. The van der Waals surface area contributed by atoms with Gasteiger partial charge in [0, 0.05) is 17.6 Å². The van der Waals surface area contributed by atoms with Crippen LogP contribution in [-0.4, -0.2) is 22.4 Å². The van der Waals surface area contributed by atoms with Gasteiger partial charge in [-0.2, -0.15) is 0 Å². The van der Waals surface area contributed by atoms with Crippen LogP contribution in [0.2, 0.25) is 0 Å². The van der Waals surface area contributed by atoms with Crippen LogP contribution in [0.15, 0.2) is 16.6 Å². The minimum Gasteiger partial charge on any atom is -0.506 e. The zero-order chi connectivity index (χ0) is 12.3. The van der Waals surface area contributed by atoms with Crippen molar-refractivity contribution in [1.29, 1.82) is 0 Å². The Bertz CT molecular complexity index is 378. The molecule has 0 saturated carbocycles. The van der Waals surface area contributed by atoms with Crippen molar-refractivity contribution in [3.63, 3.8) is 0 Å². The summed E-state index contributed by atoms with van der Waals surface area (Å²) < 4.78 is 0.700. The summed E-state index contributed by atoms with van der Waals surface area (Å²) in [5.41, 5.74) is 1.57. The SMILES string of the molecule is Cc1cc(Br)c(O)c(CNC(C)(C)CO)c1. The first-order chi connectivity index (χ1) is 7.35. The molecule has 0 amide bonds. The average molecular weight is 288 g/mol. The molecule has 3 N–H and O–H groups in total. The Hall–Kier alpha value is -0.580. The fourth-order valence-electron chi connectivity index (χ4n) is 1.33. The summed E-state index contributed by atoms with van der Waals surface area (Å²) in [4.78, 5) is 0. The maximum atomic E-state index is 9.84. The number of phenolic OH excluding ortho intramolecular Hbond substituents is 1. The summed E-state index contributed by atoms with van der Waals surface area (Å²) in [6, 6.07) is 3.80. The number of aryl methyl sites for hydroxylation is 1. The molecule has 0 radical (unpaired) electrons. The highest BCUT2D eigenvalue weighted by Gasteiger charge is 2.16. The van der Waals surface area contributed by atoms with Crippen LogP contribution in [0.4, 0.5) is 0 Å². The first-order valence-corrected chi connectivity index (χ1v) is 5.99. The van der Waals surface area contributed by atoms with Gasteiger partial charge >= 0.3 is 0 Å². The summed E-state index contributed by atoms with van der Waals surface area (Å²) in [5.74, 6) is 0.256. The van der Waals surface area contributed by atoms with Crippen LogP contribution in [0, 0.1) is 6.92 Å². The molecule has 1 aromatic carbocycles. The molecule has 0 aliphatic heterocycles. The number of aliphatic hydroxyl groups excluding tert-OH is 1. The van der Waals surface area contributed by atoms with Crippen molar-refractivity contribution in [3.8, 4) is 5.75 Å². The maximum absolute atomic E-state index is 9.84. The third kappa shape index (κ3) is 3.47. The van der Waals surface area contributed by atoms with Gasteiger partial charge in [0.05, 0.1) is 11.1 Å². The van der Waals surface area contributed by atoms with E-state index in [1.807, 2.05) is 32.9 Å². The quantitative estimate of drug-likeness (QED) is 0.797.